The number of aryl methyl sites for hydroxylation is 1. The van der Waals surface area contributed by atoms with E-state index in [4.69, 9.17) is 4.74 Å². The summed E-state index contributed by atoms with van der Waals surface area (Å²) < 4.78 is 6.52. The SMILES string of the molecule is COc1ccccc1-n1nc(C(=O)[O-])c(=O)cc1C. The van der Waals surface area contributed by atoms with Gasteiger partial charge in [-0.1, -0.05) is 12.1 Å². The summed E-state index contributed by atoms with van der Waals surface area (Å²) in [5.74, 6) is -1.08. The molecule has 0 unspecified atom stereocenters. The molecule has 2 rings (SSSR count). The van der Waals surface area contributed by atoms with Gasteiger partial charge in [0.15, 0.2) is 5.69 Å². The van der Waals surface area contributed by atoms with Crippen molar-refractivity contribution in [3.8, 4) is 11.4 Å². The molecule has 0 saturated heterocycles. The Labute approximate surface area is 108 Å². The number of carboxylic acids is 1. The van der Waals surface area contributed by atoms with Crippen LogP contribution in [0.1, 0.15) is 16.2 Å². The zero-order chi connectivity index (χ0) is 14.0. The maximum Gasteiger partial charge on any atom is 0.209 e. The highest BCUT2D eigenvalue weighted by Crippen LogP contribution is 2.21. The third kappa shape index (κ3) is 2.33. The minimum atomic E-state index is -1.60. The van der Waals surface area contributed by atoms with E-state index in [-0.39, 0.29) is 0 Å². The second-order valence-corrected chi connectivity index (χ2v) is 3.87. The van der Waals surface area contributed by atoms with Gasteiger partial charge in [0.2, 0.25) is 5.43 Å². The lowest BCUT2D eigenvalue weighted by atomic mass is 10.2. The van der Waals surface area contributed by atoms with E-state index < -0.39 is 17.1 Å². The number of ether oxygens (including phenoxy) is 1. The number of carbonyl (C=O) groups excluding carboxylic acids is 1. The summed E-state index contributed by atoms with van der Waals surface area (Å²) in [4.78, 5) is 22.3. The molecule has 19 heavy (non-hydrogen) atoms. The van der Waals surface area contributed by atoms with Gasteiger partial charge in [-0.3, -0.25) is 4.79 Å². The van der Waals surface area contributed by atoms with E-state index in [0.29, 0.717) is 17.1 Å². The Balaban J connectivity index is 2.72. The summed E-state index contributed by atoms with van der Waals surface area (Å²) in [5, 5.41) is 14.7. The highest BCUT2D eigenvalue weighted by Gasteiger charge is 2.11. The van der Waals surface area contributed by atoms with Gasteiger partial charge in [0.05, 0.1) is 13.1 Å². The lowest BCUT2D eigenvalue weighted by molar-refractivity contribution is -0.255. The quantitative estimate of drug-likeness (QED) is 0.769. The Morgan fingerprint density at radius 1 is 1.37 bits per heavy atom. The standard InChI is InChI=1S/C13H12N2O4/c1-8-7-10(16)12(13(17)18)14-15(8)9-5-3-4-6-11(9)19-2/h3-7H,1-2H3,(H,17,18)/p-1. The molecule has 0 amide bonds. The maximum absolute atomic E-state index is 11.5. The minimum Gasteiger partial charge on any atom is -0.543 e. The number of hydrogen-bond acceptors (Lipinski definition) is 5. The summed E-state index contributed by atoms with van der Waals surface area (Å²) in [6.07, 6.45) is 0. The molecule has 0 atom stereocenters. The van der Waals surface area contributed by atoms with E-state index in [0.717, 1.165) is 0 Å². The van der Waals surface area contributed by atoms with Crippen LogP contribution in [0.25, 0.3) is 5.69 Å². The van der Waals surface area contributed by atoms with E-state index in [1.807, 2.05) is 0 Å². The average molecular weight is 259 g/mol. The first kappa shape index (κ1) is 12.8. The van der Waals surface area contributed by atoms with Crippen LogP contribution in [0.2, 0.25) is 0 Å². The molecule has 98 valence electrons. The van der Waals surface area contributed by atoms with Gasteiger partial charge in [0.25, 0.3) is 0 Å². The smallest absolute Gasteiger partial charge is 0.209 e. The van der Waals surface area contributed by atoms with Gasteiger partial charge in [-0.15, -0.1) is 0 Å². The van der Waals surface area contributed by atoms with Gasteiger partial charge in [0, 0.05) is 11.8 Å². The fraction of sp³-hybridized carbons (Fsp3) is 0.154. The largest absolute Gasteiger partial charge is 0.543 e. The number of benzene rings is 1. The van der Waals surface area contributed by atoms with Crippen LogP contribution in [0.5, 0.6) is 5.75 Å². The number of hydrogen-bond donors (Lipinski definition) is 0. The van der Waals surface area contributed by atoms with Crippen molar-refractivity contribution in [1.82, 2.24) is 9.78 Å². The van der Waals surface area contributed by atoms with Crippen molar-refractivity contribution in [2.75, 3.05) is 7.11 Å². The fourth-order valence-corrected chi connectivity index (χ4v) is 1.74. The number of carbonyl (C=O) groups is 1. The molecule has 1 aromatic carbocycles. The number of methoxy groups -OCH3 is 1. The molecule has 6 nitrogen and oxygen atoms in total. The van der Waals surface area contributed by atoms with Gasteiger partial charge in [-0.2, -0.15) is 5.10 Å². The summed E-state index contributed by atoms with van der Waals surface area (Å²) in [6, 6.07) is 8.16. The number of carboxylic acid groups (broad SMARTS) is 1. The summed E-state index contributed by atoms with van der Waals surface area (Å²) in [5.41, 5.74) is -0.260. The van der Waals surface area contributed by atoms with Crippen LogP contribution in [0.4, 0.5) is 0 Å². The van der Waals surface area contributed by atoms with E-state index in [9.17, 15) is 14.7 Å². The third-order valence-electron chi connectivity index (χ3n) is 2.61. The van der Waals surface area contributed by atoms with Crippen molar-refractivity contribution in [3.63, 3.8) is 0 Å². The van der Waals surface area contributed by atoms with E-state index in [1.165, 1.54) is 17.9 Å². The van der Waals surface area contributed by atoms with E-state index in [2.05, 4.69) is 5.10 Å². The van der Waals surface area contributed by atoms with Crippen molar-refractivity contribution >= 4 is 5.97 Å². The average Bonchev–Trinajstić information content (AvgIpc) is 2.38. The molecule has 0 N–H and O–H groups in total. The zero-order valence-electron chi connectivity index (χ0n) is 10.4. The molecule has 0 fully saturated rings. The molecule has 6 heteroatoms. The van der Waals surface area contributed by atoms with Crippen LogP contribution in [0, 0.1) is 6.92 Å². The highest BCUT2D eigenvalue weighted by atomic mass is 16.5. The predicted octanol–water partition coefficient (Wildman–Crippen LogP) is -0.0870. The lowest BCUT2D eigenvalue weighted by Gasteiger charge is -2.14. The Morgan fingerprint density at radius 3 is 2.68 bits per heavy atom. The Bertz CT molecular complexity index is 691. The number of aromatic nitrogens is 2. The van der Waals surface area contributed by atoms with Gasteiger partial charge in [-0.25, -0.2) is 4.68 Å². The molecule has 0 spiro atoms. The Hall–Kier alpha value is -2.63. The van der Waals surface area contributed by atoms with Gasteiger partial charge in [-0.05, 0) is 19.1 Å². The van der Waals surface area contributed by atoms with Crippen molar-refractivity contribution < 1.29 is 14.6 Å². The summed E-state index contributed by atoms with van der Waals surface area (Å²) >= 11 is 0. The number of para-hydroxylation sites is 2. The molecule has 0 aliphatic heterocycles. The van der Waals surface area contributed by atoms with E-state index in [1.54, 1.807) is 31.2 Å². The van der Waals surface area contributed by atoms with Crippen LogP contribution < -0.4 is 15.3 Å². The van der Waals surface area contributed by atoms with Crippen molar-refractivity contribution in [1.29, 1.82) is 0 Å². The summed E-state index contributed by atoms with van der Waals surface area (Å²) in [6.45, 7) is 1.65. The van der Waals surface area contributed by atoms with Crippen molar-refractivity contribution in [2.24, 2.45) is 0 Å². The molecule has 1 aromatic heterocycles. The Morgan fingerprint density at radius 2 is 2.05 bits per heavy atom. The van der Waals surface area contributed by atoms with Gasteiger partial charge < -0.3 is 14.6 Å². The monoisotopic (exact) mass is 259 g/mol. The molecule has 0 aliphatic rings. The first-order valence-electron chi connectivity index (χ1n) is 5.50. The first-order valence-corrected chi connectivity index (χ1v) is 5.50. The summed E-state index contributed by atoms with van der Waals surface area (Å²) in [7, 11) is 1.50. The van der Waals surface area contributed by atoms with Gasteiger partial charge in [0.1, 0.15) is 11.4 Å². The molecule has 1 heterocycles. The van der Waals surface area contributed by atoms with Crippen LogP contribution in [0.3, 0.4) is 0 Å². The normalized spacial score (nSPS) is 10.2. The van der Waals surface area contributed by atoms with Crippen molar-refractivity contribution in [3.05, 3.63) is 51.9 Å². The predicted molar refractivity (Wildman–Crippen MR) is 65.5 cm³/mol. The fourth-order valence-electron chi connectivity index (χ4n) is 1.74. The molecule has 0 bridgehead atoms. The third-order valence-corrected chi connectivity index (χ3v) is 2.61. The lowest BCUT2D eigenvalue weighted by Crippen LogP contribution is -2.32. The van der Waals surface area contributed by atoms with Crippen LogP contribution >= 0.6 is 0 Å². The first-order chi connectivity index (χ1) is 9.04. The molecular formula is C13H11N2O4-. The number of aromatic carboxylic acids is 1. The molecule has 0 radical (unpaired) electrons. The number of rotatable bonds is 3. The zero-order valence-corrected chi connectivity index (χ0v) is 10.4. The molecule has 0 saturated carbocycles. The second-order valence-electron chi connectivity index (χ2n) is 3.87. The van der Waals surface area contributed by atoms with Crippen molar-refractivity contribution in [2.45, 2.75) is 6.92 Å². The second kappa shape index (κ2) is 4.93. The van der Waals surface area contributed by atoms with Crippen LogP contribution in [-0.4, -0.2) is 22.9 Å². The maximum atomic E-state index is 11.5. The Kier molecular flexibility index (Phi) is 3.33. The minimum absolute atomic E-state index is 0.500. The van der Waals surface area contributed by atoms with Crippen LogP contribution in [0.15, 0.2) is 35.1 Å². The number of nitrogens with zero attached hydrogens (tertiary/aromatic N) is 2. The van der Waals surface area contributed by atoms with E-state index >= 15 is 0 Å². The highest BCUT2D eigenvalue weighted by molar-refractivity contribution is 5.83. The van der Waals surface area contributed by atoms with Crippen LogP contribution in [-0.2, 0) is 0 Å². The van der Waals surface area contributed by atoms with Gasteiger partial charge >= 0.3 is 0 Å². The molecule has 0 aliphatic carbocycles. The molecular weight excluding hydrogens is 248 g/mol. The molecule has 2 aromatic rings. The topological polar surface area (TPSA) is 84.2 Å².